The fourth-order valence-corrected chi connectivity index (χ4v) is 1.60. The smallest absolute Gasteiger partial charge is 0.279 e. The minimum absolute atomic E-state index is 0.0623. The van der Waals surface area contributed by atoms with Crippen molar-refractivity contribution in [2.75, 3.05) is 0 Å². The number of alkyl halides is 2. The highest BCUT2D eigenvalue weighted by Crippen LogP contribution is 2.32. The lowest BCUT2D eigenvalue weighted by Gasteiger charge is -2.05. The van der Waals surface area contributed by atoms with E-state index in [-0.39, 0.29) is 10.7 Å². The molecule has 0 saturated heterocycles. The van der Waals surface area contributed by atoms with Gasteiger partial charge in [0.25, 0.3) is 5.92 Å². The van der Waals surface area contributed by atoms with E-state index >= 15 is 0 Å². The predicted molar refractivity (Wildman–Crippen MR) is 43.9 cm³/mol. The molecule has 12 heavy (non-hydrogen) atoms. The number of carbonyl (C=O) groups excluding carboxylic acids is 1. The van der Waals surface area contributed by atoms with Gasteiger partial charge in [-0.15, -0.1) is 11.3 Å². The van der Waals surface area contributed by atoms with Crippen molar-refractivity contribution >= 4 is 17.1 Å². The van der Waals surface area contributed by atoms with Crippen LogP contribution in [0.15, 0.2) is 12.1 Å². The van der Waals surface area contributed by atoms with Gasteiger partial charge in [0.2, 0.25) is 0 Å². The summed E-state index contributed by atoms with van der Waals surface area (Å²) in [7, 11) is 0. The molecule has 1 rings (SSSR count). The van der Waals surface area contributed by atoms with Gasteiger partial charge in [-0.1, -0.05) is 0 Å². The van der Waals surface area contributed by atoms with Crippen LogP contribution in [-0.4, -0.2) is 5.78 Å². The molecule has 0 unspecified atom stereocenters. The van der Waals surface area contributed by atoms with Gasteiger partial charge in [0.15, 0.2) is 5.78 Å². The van der Waals surface area contributed by atoms with Crippen molar-refractivity contribution < 1.29 is 13.6 Å². The van der Waals surface area contributed by atoms with Gasteiger partial charge in [-0.3, -0.25) is 4.79 Å². The Hall–Kier alpha value is -0.770. The summed E-state index contributed by atoms with van der Waals surface area (Å²) in [6.45, 7) is 2.19. The normalized spacial score (nSPS) is 11.7. The summed E-state index contributed by atoms with van der Waals surface area (Å²) in [6.07, 6.45) is 0. The highest BCUT2D eigenvalue weighted by atomic mass is 32.1. The summed E-state index contributed by atoms with van der Waals surface area (Å²) in [5.74, 6) is -3.01. The summed E-state index contributed by atoms with van der Waals surface area (Å²) < 4.78 is 25.3. The molecule has 0 atom stereocenters. The Bertz CT molecular complexity index is 298. The number of hydrogen-bond donors (Lipinski definition) is 0. The molecule has 66 valence electrons. The highest BCUT2D eigenvalue weighted by Gasteiger charge is 2.26. The first-order valence-electron chi connectivity index (χ1n) is 3.40. The largest absolute Gasteiger partial charge is 0.294 e. The third-order valence-corrected chi connectivity index (χ3v) is 2.74. The third kappa shape index (κ3) is 1.88. The molecule has 1 aromatic heterocycles. The molecule has 0 fully saturated rings. The molecule has 4 heteroatoms. The quantitative estimate of drug-likeness (QED) is 0.655. The first kappa shape index (κ1) is 9.32. The van der Waals surface area contributed by atoms with Crippen molar-refractivity contribution in [2.24, 2.45) is 0 Å². The lowest BCUT2D eigenvalue weighted by molar-refractivity contribution is 0.0215. The minimum atomic E-state index is -2.83. The summed E-state index contributed by atoms with van der Waals surface area (Å²) in [6, 6.07) is 2.72. The summed E-state index contributed by atoms with van der Waals surface area (Å²) in [5.41, 5.74) is 0. The third-order valence-electron chi connectivity index (χ3n) is 1.39. The molecule has 0 aliphatic rings. The number of halogens is 2. The van der Waals surface area contributed by atoms with Crippen molar-refractivity contribution in [3.05, 3.63) is 21.9 Å². The Morgan fingerprint density at radius 1 is 1.50 bits per heavy atom. The number of hydrogen-bond acceptors (Lipinski definition) is 2. The fourth-order valence-electron chi connectivity index (χ4n) is 0.763. The topological polar surface area (TPSA) is 17.1 Å². The van der Waals surface area contributed by atoms with Crippen LogP contribution in [0.2, 0.25) is 0 Å². The van der Waals surface area contributed by atoms with Crippen LogP contribution >= 0.6 is 11.3 Å². The monoisotopic (exact) mass is 190 g/mol. The Balaban J connectivity index is 3.00. The minimum Gasteiger partial charge on any atom is -0.294 e. The van der Waals surface area contributed by atoms with Crippen molar-refractivity contribution in [3.63, 3.8) is 0 Å². The van der Waals surface area contributed by atoms with Crippen LogP contribution in [0.1, 0.15) is 28.4 Å². The average Bonchev–Trinajstić information content (AvgIpc) is 2.30. The van der Waals surface area contributed by atoms with Gasteiger partial charge >= 0.3 is 0 Å². The molecule has 0 saturated carbocycles. The van der Waals surface area contributed by atoms with E-state index in [1.807, 2.05) is 0 Å². The molecular formula is C8H8F2OS. The van der Waals surface area contributed by atoms with E-state index in [2.05, 4.69) is 0 Å². The van der Waals surface area contributed by atoms with Crippen LogP contribution in [-0.2, 0) is 5.92 Å². The summed E-state index contributed by atoms with van der Waals surface area (Å²) in [4.78, 5) is 11.1. The summed E-state index contributed by atoms with van der Waals surface area (Å²) >= 11 is 0.848. The van der Waals surface area contributed by atoms with Gasteiger partial charge in [0.1, 0.15) is 0 Å². The second kappa shape index (κ2) is 2.94. The molecule has 0 radical (unpaired) electrons. The molecular weight excluding hydrogens is 182 g/mol. The van der Waals surface area contributed by atoms with Crippen LogP contribution in [0.4, 0.5) is 8.78 Å². The van der Waals surface area contributed by atoms with Crippen molar-refractivity contribution in [1.82, 2.24) is 0 Å². The molecule has 1 nitrogen and oxygen atoms in total. The molecule has 0 amide bonds. The van der Waals surface area contributed by atoms with E-state index in [4.69, 9.17) is 0 Å². The van der Waals surface area contributed by atoms with Crippen molar-refractivity contribution in [2.45, 2.75) is 19.8 Å². The van der Waals surface area contributed by atoms with Crippen LogP contribution in [0.5, 0.6) is 0 Å². The lowest BCUT2D eigenvalue weighted by atomic mass is 10.3. The molecule has 1 heterocycles. The maximum Gasteiger partial charge on any atom is 0.279 e. The Morgan fingerprint density at radius 2 is 2.08 bits per heavy atom. The molecule has 0 aliphatic carbocycles. The number of thiophene rings is 1. The Labute approximate surface area is 73.0 Å². The molecule has 0 aromatic carbocycles. The zero-order valence-corrected chi connectivity index (χ0v) is 7.54. The Morgan fingerprint density at radius 3 is 2.33 bits per heavy atom. The van der Waals surface area contributed by atoms with Gasteiger partial charge in [-0.25, -0.2) is 8.78 Å². The number of rotatable bonds is 2. The first-order chi connectivity index (χ1) is 5.41. The second-order valence-corrected chi connectivity index (χ2v) is 3.69. The van der Waals surface area contributed by atoms with E-state index in [1.165, 1.54) is 19.1 Å². The van der Waals surface area contributed by atoms with Crippen LogP contribution < -0.4 is 0 Å². The molecule has 0 N–H and O–H groups in total. The average molecular weight is 190 g/mol. The second-order valence-electron chi connectivity index (χ2n) is 2.61. The zero-order valence-electron chi connectivity index (χ0n) is 6.73. The molecule has 0 spiro atoms. The van der Waals surface area contributed by atoms with E-state index in [0.717, 1.165) is 18.3 Å². The lowest BCUT2D eigenvalue weighted by Crippen LogP contribution is -2.03. The molecule has 0 aliphatic heterocycles. The number of carbonyl (C=O) groups is 1. The summed E-state index contributed by atoms with van der Waals surface area (Å²) in [5, 5.41) is 0. The maximum absolute atomic E-state index is 12.6. The van der Waals surface area contributed by atoms with Crippen LogP contribution in [0.25, 0.3) is 0 Å². The van der Waals surface area contributed by atoms with Crippen molar-refractivity contribution in [1.29, 1.82) is 0 Å². The predicted octanol–water partition coefficient (Wildman–Crippen LogP) is 3.06. The molecule has 1 aromatic rings. The number of Topliss-reactive ketones (excluding diaryl/α,β-unsaturated/α-hetero) is 1. The van der Waals surface area contributed by atoms with E-state index in [9.17, 15) is 13.6 Å². The van der Waals surface area contributed by atoms with Gasteiger partial charge in [-0.2, -0.15) is 0 Å². The SMILES string of the molecule is CC(=O)c1ccc(C(C)(F)F)s1. The number of ketones is 1. The Kier molecular flexibility index (Phi) is 2.28. The van der Waals surface area contributed by atoms with Gasteiger partial charge in [0.05, 0.1) is 9.75 Å². The van der Waals surface area contributed by atoms with E-state index in [1.54, 1.807) is 0 Å². The van der Waals surface area contributed by atoms with E-state index in [0.29, 0.717) is 4.88 Å². The van der Waals surface area contributed by atoms with Gasteiger partial charge in [0, 0.05) is 6.92 Å². The first-order valence-corrected chi connectivity index (χ1v) is 4.22. The van der Waals surface area contributed by atoms with Gasteiger partial charge in [-0.05, 0) is 19.1 Å². The van der Waals surface area contributed by atoms with Crippen LogP contribution in [0, 0.1) is 0 Å². The van der Waals surface area contributed by atoms with Gasteiger partial charge < -0.3 is 0 Å². The highest BCUT2D eigenvalue weighted by molar-refractivity contribution is 7.14. The molecule has 0 bridgehead atoms. The zero-order chi connectivity index (χ0) is 9.35. The standard InChI is InChI=1S/C8H8F2OS/c1-5(11)6-3-4-7(12-6)8(2,9)10/h3-4H,1-2H3. The fraction of sp³-hybridized carbons (Fsp3) is 0.375. The maximum atomic E-state index is 12.6. The van der Waals surface area contributed by atoms with Crippen LogP contribution in [0.3, 0.4) is 0 Å². The van der Waals surface area contributed by atoms with E-state index < -0.39 is 5.92 Å². The van der Waals surface area contributed by atoms with Crippen molar-refractivity contribution in [3.8, 4) is 0 Å².